The SMILES string of the molecule is CCNC(=NCC1CCCO1)NCC1CCOc2ccccc21.I. The van der Waals surface area contributed by atoms with Gasteiger partial charge < -0.3 is 20.1 Å². The van der Waals surface area contributed by atoms with Crippen molar-refractivity contribution in [2.45, 2.75) is 38.2 Å². The van der Waals surface area contributed by atoms with Crippen molar-refractivity contribution in [2.75, 3.05) is 32.8 Å². The molecule has 2 N–H and O–H groups in total. The van der Waals surface area contributed by atoms with Crippen molar-refractivity contribution in [3.63, 3.8) is 0 Å². The van der Waals surface area contributed by atoms with E-state index in [0.717, 1.165) is 63.8 Å². The van der Waals surface area contributed by atoms with Gasteiger partial charge in [0.15, 0.2) is 5.96 Å². The largest absolute Gasteiger partial charge is 0.493 e. The van der Waals surface area contributed by atoms with Crippen molar-refractivity contribution in [1.82, 2.24) is 10.6 Å². The van der Waals surface area contributed by atoms with Gasteiger partial charge in [0.1, 0.15) is 5.75 Å². The average Bonchev–Trinajstić information content (AvgIpc) is 3.11. The first kappa shape index (κ1) is 19.3. The van der Waals surface area contributed by atoms with Gasteiger partial charge in [-0.15, -0.1) is 24.0 Å². The third-order valence-electron chi connectivity index (χ3n) is 4.42. The molecule has 0 bridgehead atoms. The molecule has 3 rings (SSSR count). The zero-order chi connectivity index (χ0) is 15.9. The zero-order valence-corrected chi connectivity index (χ0v) is 16.6. The van der Waals surface area contributed by atoms with Crippen LogP contribution in [0.2, 0.25) is 0 Å². The first-order chi connectivity index (χ1) is 11.4. The zero-order valence-electron chi connectivity index (χ0n) is 14.3. The number of hydrogen-bond acceptors (Lipinski definition) is 3. The monoisotopic (exact) mass is 445 g/mol. The van der Waals surface area contributed by atoms with E-state index in [2.05, 4.69) is 40.7 Å². The molecule has 2 aliphatic rings. The van der Waals surface area contributed by atoms with Gasteiger partial charge in [-0.2, -0.15) is 0 Å². The minimum atomic E-state index is 0. The van der Waals surface area contributed by atoms with E-state index in [1.807, 2.05) is 6.07 Å². The Kier molecular flexibility index (Phi) is 8.11. The molecule has 134 valence electrons. The second-order valence-electron chi connectivity index (χ2n) is 6.11. The number of aliphatic imine (C=N–C) groups is 1. The maximum Gasteiger partial charge on any atom is 0.191 e. The number of para-hydroxylation sites is 1. The molecule has 0 radical (unpaired) electrons. The highest BCUT2D eigenvalue weighted by molar-refractivity contribution is 14.0. The molecule has 0 saturated carbocycles. The van der Waals surface area contributed by atoms with Crippen molar-refractivity contribution in [3.8, 4) is 5.75 Å². The molecule has 2 unspecified atom stereocenters. The quantitative estimate of drug-likeness (QED) is 0.416. The van der Waals surface area contributed by atoms with Crippen LogP contribution in [-0.2, 0) is 4.74 Å². The number of ether oxygens (including phenoxy) is 2. The van der Waals surface area contributed by atoms with Gasteiger partial charge in [-0.3, -0.25) is 4.99 Å². The normalized spacial score (nSPS) is 23.0. The molecular weight excluding hydrogens is 417 g/mol. The molecule has 24 heavy (non-hydrogen) atoms. The van der Waals surface area contributed by atoms with Crippen molar-refractivity contribution >= 4 is 29.9 Å². The number of nitrogens with zero attached hydrogens (tertiary/aromatic N) is 1. The number of nitrogens with one attached hydrogen (secondary N) is 2. The van der Waals surface area contributed by atoms with Crippen LogP contribution in [0.4, 0.5) is 0 Å². The van der Waals surface area contributed by atoms with Crippen LogP contribution >= 0.6 is 24.0 Å². The first-order valence-corrected chi connectivity index (χ1v) is 8.72. The predicted molar refractivity (Wildman–Crippen MR) is 108 cm³/mol. The second kappa shape index (κ2) is 10.1. The minimum absolute atomic E-state index is 0. The molecule has 5 nitrogen and oxygen atoms in total. The third kappa shape index (κ3) is 5.24. The summed E-state index contributed by atoms with van der Waals surface area (Å²) in [5, 5.41) is 6.81. The first-order valence-electron chi connectivity index (χ1n) is 8.72. The van der Waals surface area contributed by atoms with Crippen molar-refractivity contribution in [1.29, 1.82) is 0 Å². The molecule has 2 atom stereocenters. The molecule has 1 aromatic rings. The minimum Gasteiger partial charge on any atom is -0.493 e. The topological polar surface area (TPSA) is 54.9 Å². The summed E-state index contributed by atoms with van der Waals surface area (Å²) < 4.78 is 11.4. The molecule has 1 aromatic carbocycles. The highest BCUT2D eigenvalue weighted by Crippen LogP contribution is 2.32. The molecule has 0 spiro atoms. The van der Waals surface area contributed by atoms with E-state index >= 15 is 0 Å². The van der Waals surface area contributed by atoms with Crippen LogP contribution in [0.5, 0.6) is 5.75 Å². The Labute approximate surface area is 161 Å². The van der Waals surface area contributed by atoms with Gasteiger partial charge in [-0.25, -0.2) is 0 Å². The summed E-state index contributed by atoms with van der Waals surface area (Å²) in [5.41, 5.74) is 1.29. The van der Waals surface area contributed by atoms with Crippen molar-refractivity contribution in [2.24, 2.45) is 4.99 Å². The van der Waals surface area contributed by atoms with Crippen LogP contribution in [0, 0.1) is 0 Å². The van der Waals surface area contributed by atoms with Crippen LogP contribution < -0.4 is 15.4 Å². The summed E-state index contributed by atoms with van der Waals surface area (Å²) in [7, 11) is 0. The predicted octanol–water partition coefficient (Wildman–Crippen LogP) is 2.90. The maximum absolute atomic E-state index is 5.73. The van der Waals surface area contributed by atoms with Gasteiger partial charge >= 0.3 is 0 Å². The Bertz CT molecular complexity index is 533. The Morgan fingerprint density at radius 3 is 2.88 bits per heavy atom. The summed E-state index contributed by atoms with van der Waals surface area (Å²) in [4.78, 5) is 4.67. The van der Waals surface area contributed by atoms with E-state index in [1.165, 1.54) is 5.56 Å². The summed E-state index contributed by atoms with van der Waals surface area (Å²) >= 11 is 0. The summed E-state index contributed by atoms with van der Waals surface area (Å²) in [5.74, 6) is 2.37. The van der Waals surface area contributed by atoms with Gasteiger partial charge in [0.05, 0.1) is 19.3 Å². The van der Waals surface area contributed by atoms with Gasteiger partial charge in [-0.1, -0.05) is 18.2 Å². The molecule has 1 fully saturated rings. The van der Waals surface area contributed by atoms with Crippen LogP contribution in [-0.4, -0.2) is 44.9 Å². The van der Waals surface area contributed by atoms with Gasteiger partial charge in [0, 0.05) is 25.6 Å². The van der Waals surface area contributed by atoms with Crippen molar-refractivity contribution in [3.05, 3.63) is 29.8 Å². The van der Waals surface area contributed by atoms with Gasteiger partial charge in [0.2, 0.25) is 0 Å². The number of halogens is 1. The Balaban J connectivity index is 0.00000208. The molecule has 0 amide bonds. The molecule has 0 aromatic heterocycles. The highest BCUT2D eigenvalue weighted by Gasteiger charge is 2.21. The Morgan fingerprint density at radius 1 is 1.21 bits per heavy atom. The fourth-order valence-corrected chi connectivity index (χ4v) is 3.17. The van der Waals surface area contributed by atoms with Crippen LogP contribution in [0.25, 0.3) is 0 Å². The van der Waals surface area contributed by atoms with E-state index in [1.54, 1.807) is 0 Å². The number of guanidine groups is 1. The third-order valence-corrected chi connectivity index (χ3v) is 4.42. The number of fused-ring (bicyclic) bond motifs is 1. The lowest BCUT2D eigenvalue weighted by Gasteiger charge is -2.26. The van der Waals surface area contributed by atoms with E-state index in [9.17, 15) is 0 Å². The maximum atomic E-state index is 5.73. The fourth-order valence-electron chi connectivity index (χ4n) is 3.17. The van der Waals surface area contributed by atoms with Crippen LogP contribution in [0.1, 0.15) is 37.7 Å². The number of benzene rings is 1. The smallest absolute Gasteiger partial charge is 0.191 e. The summed E-state index contributed by atoms with van der Waals surface area (Å²) in [6.45, 7) is 6.22. The molecule has 1 saturated heterocycles. The van der Waals surface area contributed by atoms with E-state index in [0.29, 0.717) is 5.92 Å². The van der Waals surface area contributed by atoms with Gasteiger partial charge in [-0.05, 0) is 37.8 Å². The lowest BCUT2D eigenvalue weighted by atomic mass is 9.93. The van der Waals surface area contributed by atoms with E-state index in [4.69, 9.17) is 9.47 Å². The number of hydrogen-bond donors (Lipinski definition) is 2. The lowest BCUT2D eigenvalue weighted by molar-refractivity contribution is 0.117. The highest BCUT2D eigenvalue weighted by atomic mass is 127. The van der Waals surface area contributed by atoms with Crippen LogP contribution in [0.3, 0.4) is 0 Å². The fraction of sp³-hybridized carbons (Fsp3) is 0.611. The molecule has 2 heterocycles. The number of rotatable bonds is 5. The standard InChI is InChI=1S/C18H27N3O2.HI/c1-2-19-18(21-13-15-6-5-10-22-15)20-12-14-9-11-23-17-8-4-3-7-16(14)17;/h3-4,7-8,14-15H,2,5-6,9-13H2,1H3,(H2,19,20,21);1H. The van der Waals surface area contributed by atoms with E-state index < -0.39 is 0 Å². The summed E-state index contributed by atoms with van der Waals surface area (Å²) in [6.07, 6.45) is 3.60. The molecule has 0 aliphatic carbocycles. The Hall–Kier alpha value is -1.02. The molecule has 2 aliphatic heterocycles. The Morgan fingerprint density at radius 2 is 2.08 bits per heavy atom. The lowest BCUT2D eigenvalue weighted by Crippen LogP contribution is -2.40. The van der Waals surface area contributed by atoms with Crippen LogP contribution in [0.15, 0.2) is 29.3 Å². The second-order valence-corrected chi connectivity index (χ2v) is 6.11. The molecule has 6 heteroatoms. The van der Waals surface area contributed by atoms with Gasteiger partial charge in [0.25, 0.3) is 0 Å². The summed E-state index contributed by atoms with van der Waals surface area (Å²) in [6, 6.07) is 8.33. The average molecular weight is 445 g/mol. The van der Waals surface area contributed by atoms with E-state index in [-0.39, 0.29) is 30.1 Å². The molecular formula is C18H28IN3O2. The van der Waals surface area contributed by atoms with Crippen molar-refractivity contribution < 1.29 is 9.47 Å².